The normalized spacial score (nSPS) is 11.8. The number of imidazole rings is 1. The van der Waals surface area contributed by atoms with Gasteiger partial charge < -0.3 is 10.6 Å². The van der Waals surface area contributed by atoms with Gasteiger partial charge in [-0.1, -0.05) is 60.7 Å². The largest absolute Gasteiger partial charge is 0.341 e. The monoisotopic (exact) mass is 400 g/mol. The van der Waals surface area contributed by atoms with E-state index >= 15 is 0 Å². The highest BCUT2D eigenvalue weighted by molar-refractivity contribution is 5.74. The van der Waals surface area contributed by atoms with E-state index in [1.165, 1.54) is 5.56 Å². The van der Waals surface area contributed by atoms with Gasteiger partial charge in [0.15, 0.2) is 0 Å². The van der Waals surface area contributed by atoms with Crippen LogP contribution in [0.3, 0.4) is 0 Å². The van der Waals surface area contributed by atoms with Gasteiger partial charge in [0.25, 0.3) is 0 Å². The summed E-state index contributed by atoms with van der Waals surface area (Å²) in [5, 5.41) is 10.1. The molecule has 0 aliphatic heterocycles. The van der Waals surface area contributed by atoms with E-state index in [2.05, 4.69) is 32.8 Å². The first kappa shape index (κ1) is 19.4. The van der Waals surface area contributed by atoms with Crippen molar-refractivity contribution in [3.63, 3.8) is 0 Å². The number of urea groups is 1. The number of carbonyl (C=O) groups is 1. The van der Waals surface area contributed by atoms with Crippen LogP contribution in [-0.2, 0) is 13.0 Å². The minimum atomic E-state index is -0.292. The molecule has 0 aliphatic carbocycles. The molecule has 1 unspecified atom stereocenters. The molecule has 0 bridgehead atoms. The summed E-state index contributed by atoms with van der Waals surface area (Å²) in [6.07, 6.45) is 8.06. The Balaban J connectivity index is 1.60. The molecule has 0 saturated carbocycles. The topological polar surface area (TPSA) is 76.8 Å². The zero-order valence-electron chi connectivity index (χ0n) is 16.8. The highest BCUT2D eigenvalue weighted by Crippen LogP contribution is 2.21. The molecule has 0 saturated heterocycles. The number of aromatic nitrogens is 4. The van der Waals surface area contributed by atoms with Crippen molar-refractivity contribution in [2.75, 3.05) is 7.05 Å². The molecule has 7 heteroatoms. The van der Waals surface area contributed by atoms with Crippen molar-refractivity contribution in [3.8, 4) is 5.69 Å². The van der Waals surface area contributed by atoms with Gasteiger partial charge in [-0.15, -0.1) is 0 Å². The third-order valence-electron chi connectivity index (χ3n) is 4.88. The number of nitrogens with one attached hydrogen (secondary N) is 2. The van der Waals surface area contributed by atoms with Crippen LogP contribution < -0.4 is 10.6 Å². The van der Waals surface area contributed by atoms with Crippen molar-refractivity contribution in [2.24, 2.45) is 0 Å². The molecule has 7 nitrogen and oxygen atoms in total. The van der Waals surface area contributed by atoms with Gasteiger partial charge in [0.1, 0.15) is 5.82 Å². The van der Waals surface area contributed by atoms with Crippen LogP contribution in [0.2, 0.25) is 0 Å². The molecule has 0 fully saturated rings. The predicted molar refractivity (Wildman–Crippen MR) is 115 cm³/mol. The summed E-state index contributed by atoms with van der Waals surface area (Å²) in [5.41, 5.74) is 3.20. The zero-order valence-corrected chi connectivity index (χ0v) is 16.8. The lowest BCUT2D eigenvalue weighted by atomic mass is 10.1. The third-order valence-corrected chi connectivity index (χ3v) is 4.88. The maximum Gasteiger partial charge on any atom is 0.315 e. The summed E-state index contributed by atoms with van der Waals surface area (Å²) in [7, 11) is 1.61. The molecule has 2 amide bonds. The molecule has 4 rings (SSSR count). The van der Waals surface area contributed by atoms with E-state index in [1.807, 2.05) is 76.4 Å². The van der Waals surface area contributed by atoms with E-state index in [9.17, 15) is 4.79 Å². The second-order valence-electron chi connectivity index (χ2n) is 7.00. The lowest BCUT2D eigenvalue weighted by molar-refractivity contribution is 0.238. The maximum absolute atomic E-state index is 12.1. The van der Waals surface area contributed by atoms with Crippen LogP contribution in [0.15, 0.2) is 85.5 Å². The number of nitrogens with zero attached hydrogens (tertiary/aromatic N) is 4. The lowest BCUT2D eigenvalue weighted by Crippen LogP contribution is -2.37. The van der Waals surface area contributed by atoms with Crippen LogP contribution in [0.4, 0.5) is 4.79 Å². The molecule has 152 valence electrons. The quantitative estimate of drug-likeness (QED) is 0.500. The first-order chi connectivity index (χ1) is 14.7. The third kappa shape index (κ3) is 4.57. The fourth-order valence-corrected chi connectivity index (χ4v) is 3.41. The molecule has 2 N–H and O–H groups in total. The van der Waals surface area contributed by atoms with E-state index in [0.29, 0.717) is 13.0 Å². The van der Waals surface area contributed by atoms with Crippen LogP contribution in [0, 0.1) is 0 Å². The minimum Gasteiger partial charge on any atom is -0.341 e. The van der Waals surface area contributed by atoms with E-state index in [0.717, 1.165) is 17.1 Å². The molecule has 0 spiro atoms. The standard InChI is InChI=1S/C23H24N6O/c1-24-23(30)27-21(14-18-8-4-2-5-9-18)22-25-12-13-29(22)20-15-26-28(17-20)16-19-10-6-3-7-11-19/h2-13,15,17,21H,14,16H2,1H3,(H2,24,27,30). The first-order valence-corrected chi connectivity index (χ1v) is 9.85. The second-order valence-corrected chi connectivity index (χ2v) is 7.00. The average Bonchev–Trinajstić information content (AvgIpc) is 3.44. The fraction of sp³-hybridized carbons (Fsp3) is 0.174. The van der Waals surface area contributed by atoms with Gasteiger partial charge in [0.05, 0.1) is 24.5 Å². The summed E-state index contributed by atoms with van der Waals surface area (Å²) in [5.74, 6) is 0.752. The molecule has 30 heavy (non-hydrogen) atoms. The summed E-state index contributed by atoms with van der Waals surface area (Å²) in [6.45, 7) is 0.689. The summed E-state index contributed by atoms with van der Waals surface area (Å²) < 4.78 is 3.87. The molecule has 1 atom stereocenters. The van der Waals surface area contributed by atoms with E-state index in [1.54, 1.807) is 13.2 Å². The van der Waals surface area contributed by atoms with Crippen molar-refractivity contribution in [1.29, 1.82) is 0 Å². The van der Waals surface area contributed by atoms with Gasteiger partial charge in [-0.25, -0.2) is 9.78 Å². The maximum atomic E-state index is 12.1. The van der Waals surface area contributed by atoms with Gasteiger partial charge in [0.2, 0.25) is 0 Å². The van der Waals surface area contributed by atoms with Gasteiger partial charge in [-0.2, -0.15) is 5.10 Å². The Labute approximate surface area is 175 Å². The number of carbonyl (C=O) groups excluding carboxylic acids is 1. The Hall–Kier alpha value is -3.87. The van der Waals surface area contributed by atoms with Crippen LogP contribution in [0.5, 0.6) is 0 Å². The van der Waals surface area contributed by atoms with Crippen LogP contribution >= 0.6 is 0 Å². The van der Waals surface area contributed by atoms with Crippen molar-refractivity contribution in [3.05, 3.63) is 102 Å². The Morgan fingerprint density at radius 3 is 2.43 bits per heavy atom. The van der Waals surface area contributed by atoms with Crippen LogP contribution in [0.25, 0.3) is 5.69 Å². The van der Waals surface area contributed by atoms with Crippen LogP contribution in [0.1, 0.15) is 23.0 Å². The van der Waals surface area contributed by atoms with Gasteiger partial charge >= 0.3 is 6.03 Å². The lowest BCUT2D eigenvalue weighted by Gasteiger charge is -2.19. The Morgan fingerprint density at radius 2 is 1.73 bits per heavy atom. The summed E-state index contributed by atoms with van der Waals surface area (Å²) in [6, 6.07) is 19.7. The van der Waals surface area contributed by atoms with Crippen molar-refractivity contribution in [1.82, 2.24) is 30.0 Å². The number of hydrogen-bond donors (Lipinski definition) is 2. The molecule has 4 aromatic rings. The molecule has 0 aliphatic rings. The van der Waals surface area contributed by atoms with Crippen molar-refractivity contribution >= 4 is 6.03 Å². The highest BCUT2D eigenvalue weighted by atomic mass is 16.2. The molecular weight excluding hydrogens is 376 g/mol. The smallest absolute Gasteiger partial charge is 0.315 e. The SMILES string of the molecule is CNC(=O)NC(Cc1ccccc1)c1nccn1-c1cnn(Cc2ccccc2)c1. The van der Waals surface area contributed by atoms with E-state index < -0.39 is 0 Å². The fourth-order valence-electron chi connectivity index (χ4n) is 3.41. The average molecular weight is 400 g/mol. The Bertz CT molecular complexity index is 1090. The van der Waals surface area contributed by atoms with E-state index in [-0.39, 0.29) is 12.1 Å². The van der Waals surface area contributed by atoms with Gasteiger partial charge in [-0.3, -0.25) is 9.25 Å². The first-order valence-electron chi connectivity index (χ1n) is 9.85. The van der Waals surface area contributed by atoms with E-state index in [4.69, 9.17) is 0 Å². The molecule has 0 radical (unpaired) electrons. The Kier molecular flexibility index (Phi) is 5.89. The van der Waals surface area contributed by atoms with Gasteiger partial charge in [-0.05, 0) is 17.5 Å². The minimum absolute atomic E-state index is 0.245. The molecular formula is C23H24N6O. The molecule has 2 aromatic carbocycles. The number of rotatable bonds is 7. The highest BCUT2D eigenvalue weighted by Gasteiger charge is 2.21. The molecule has 2 heterocycles. The predicted octanol–water partition coefficient (Wildman–Crippen LogP) is 3.33. The second kappa shape index (κ2) is 9.09. The van der Waals surface area contributed by atoms with Crippen molar-refractivity contribution in [2.45, 2.75) is 19.0 Å². The number of hydrogen-bond acceptors (Lipinski definition) is 3. The zero-order chi connectivity index (χ0) is 20.8. The van der Waals surface area contributed by atoms with Gasteiger partial charge in [0, 0.05) is 25.6 Å². The molecule has 2 aromatic heterocycles. The Morgan fingerprint density at radius 1 is 1.03 bits per heavy atom. The van der Waals surface area contributed by atoms with Crippen molar-refractivity contribution < 1.29 is 4.79 Å². The summed E-state index contributed by atoms with van der Waals surface area (Å²) in [4.78, 5) is 16.6. The summed E-state index contributed by atoms with van der Waals surface area (Å²) >= 11 is 0. The number of benzene rings is 2. The number of amides is 2. The van der Waals surface area contributed by atoms with Crippen LogP contribution in [-0.4, -0.2) is 32.4 Å².